The van der Waals surface area contributed by atoms with Crippen molar-refractivity contribution < 1.29 is 27.4 Å². The van der Waals surface area contributed by atoms with E-state index in [4.69, 9.17) is 9.47 Å². The number of hydrogen-bond acceptors (Lipinski definition) is 4. The van der Waals surface area contributed by atoms with Crippen molar-refractivity contribution in [2.45, 2.75) is 26.4 Å². The van der Waals surface area contributed by atoms with Gasteiger partial charge >= 0.3 is 12.2 Å². The van der Waals surface area contributed by atoms with Crippen molar-refractivity contribution in [1.29, 1.82) is 0 Å². The number of nitrogens with zero attached hydrogens (tertiary/aromatic N) is 1. The number of H-pyrrole nitrogens is 1. The van der Waals surface area contributed by atoms with Crippen LogP contribution in [0.25, 0.3) is 11.3 Å². The fourth-order valence-electron chi connectivity index (χ4n) is 3.28. The number of rotatable bonds is 7. The van der Waals surface area contributed by atoms with Gasteiger partial charge in [-0.05, 0) is 54.8 Å². The van der Waals surface area contributed by atoms with Gasteiger partial charge in [-0.2, -0.15) is 18.3 Å². The van der Waals surface area contributed by atoms with E-state index in [0.29, 0.717) is 34.9 Å². The van der Waals surface area contributed by atoms with Crippen LogP contribution in [0.5, 0.6) is 11.5 Å². The maximum atomic E-state index is 12.8. The van der Waals surface area contributed by atoms with E-state index in [0.717, 1.165) is 17.8 Å². The van der Waals surface area contributed by atoms with E-state index in [1.54, 1.807) is 18.2 Å². The summed E-state index contributed by atoms with van der Waals surface area (Å²) in [5, 5.41) is 12.7. The highest BCUT2D eigenvalue weighted by Crippen LogP contribution is 2.36. The van der Waals surface area contributed by atoms with Gasteiger partial charge in [0.1, 0.15) is 5.69 Å². The average Bonchev–Trinajstić information content (AvgIpc) is 3.14. The third-order valence-corrected chi connectivity index (χ3v) is 4.82. The van der Waals surface area contributed by atoms with Gasteiger partial charge in [-0.15, -0.1) is 0 Å². The third kappa shape index (κ3) is 5.76. The molecule has 1 aromatic heterocycles. The lowest BCUT2D eigenvalue weighted by atomic mass is 10.0. The second-order valence-corrected chi connectivity index (χ2v) is 7.75. The standard InChI is InChI=1S/C23H25F3N4O3/c1-13(2)11-17-21(20(30-29-17)14-5-10-18(32-3)19(12-14)33-4)28-22(31)27-16-8-6-15(7-9-16)23(24,25)26/h5-10,12-13H,11H2,1-4H3,(H,29,30)(H2,27,28,31). The number of aromatic nitrogens is 2. The number of hydrogen-bond donors (Lipinski definition) is 3. The monoisotopic (exact) mass is 462 g/mol. The molecule has 2 aromatic carbocycles. The summed E-state index contributed by atoms with van der Waals surface area (Å²) in [7, 11) is 3.05. The minimum Gasteiger partial charge on any atom is -0.493 e. The number of alkyl halides is 3. The van der Waals surface area contributed by atoms with Gasteiger partial charge in [-0.25, -0.2) is 4.79 Å². The lowest BCUT2D eigenvalue weighted by Crippen LogP contribution is -2.20. The fourth-order valence-corrected chi connectivity index (χ4v) is 3.28. The zero-order valence-corrected chi connectivity index (χ0v) is 18.6. The molecule has 0 aliphatic carbocycles. The van der Waals surface area contributed by atoms with Crippen LogP contribution in [0, 0.1) is 5.92 Å². The van der Waals surface area contributed by atoms with Crippen molar-refractivity contribution in [1.82, 2.24) is 10.2 Å². The second-order valence-electron chi connectivity index (χ2n) is 7.75. The van der Waals surface area contributed by atoms with Gasteiger partial charge in [-0.1, -0.05) is 13.8 Å². The molecule has 0 aliphatic heterocycles. The molecule has 0 aliphatic rings. The highest BCUT2D eigenvalue weighted by molar-refractivity contribution is 6.02. The predicted molar refractivity (Wildman–Crippen MR) is 120 cm³/mol. The zero-order valence-electron chi connectivity index (χ0n) is 18.6. The van der Waals surface area contributed by atoms with Crippen LogP contribution in [0.1, 0.15) is 25.1 Å². The molecule has 0 spiro atoms. The van der Waals surface area contributed by atoms with Gasteiger partial charge in [0.25, 0.3) is 0 Å². The molecule has 0 saturated carbocycles. The number of ether oxygens (including phenoxy) is 2. The smallest absolute Gasteiger partial charge is 0.416 e. The second kappa shape index (κ2) is 9.85. The lowest BCUT2D eigenvalue weighted by molar-refractivity contribution is -0.137. The van der Waals surface area contributed by atoms with Crippen molar-refractivity contribution >= 4 is 17.4 Å². The van der Waals surface area contributed by atoms with Crippen molar-refractivity contribution in [2.75, 3.05) is 24.9 Å². The van der Waals surface area contributed by atoms with E-state index in [2.05, 4.69) is 20.8 Å². The SMILES string of the molecule is COc1ccc(-c2n[nH]c(CC(C)C)c2NC(=O)Nc2ccc(C(F)(F)F)cc2)cc1OC. The summed E-state index contributed by atoms with van der Waals surface area (Å²) in [6.45, 7) is 4.06. The first kappa shape index (κ1) is 24.0. The number of halogens is 3. The third-order valence-electron chi connectivity index (χ3n) is 4.82. The molecule has 7 nitrogen and oxygen atoms in total. The molecule has 0 atom stereocenters. The molecule has 0 bridgehead atoms. The summed E-state index contributed by atoms with van der Waals surface area (Å²) >= 11 is 0. The van der Waals surface area contributed by atoms with E-state index in [1.807, 2.05) is 13.8 Å². The Morgan fingerprint density at radius 1 is 1.03 bits per heavy atom. The van der Waals surface area contributed by atoms with E-state index in [1.165, 1.54) is 26.4 Å². The topological polar surface area (TPSA) is 88.3 Å². The maximum Gasteiger partial charge on any atom is 0.416 e. The minimum atomic E-state index is -4.45. The van der Waals surface area contributed by atoms with Gasteiger partial charge in [0.15, 0.2) is 11.5 Å². The summed E-state index contributed by atoms with van der Waals surface area (Å²) in [5.41, 5.74) is 1.80. The zero-order chi connectivity index (χ0) is 24.2. The van der Waals surface area contributed by atoms with Crippen LogP contribution in [0.2, 0.25) is 0 Å². The van der Waals surface area contributed by atoms with Crippen LogP contribution in [-0.2, 0) is 12.6 Å². The van der Waals surface area contributed by atoms with Crippen molar-refractivity contribution in [3.63, 3.8) is 0 Å². The van der Waals surface area contributed by atoms with E-state index < -0.39 is 17.8 Å². The fraction of sp³-hybridized carbons (Fsp3) is 0.304. The number of urea groups is 1. The molecule has 33 heavy (non-hydrogen) atoms. The molecule has 0 radical (unpaired) electrons. The lowest BCUT2D eigenvalue weighted by Gasteiger charge is -2.13. The number of aromatic amines is 1. The Labute approximate surface area is 189 Å². The van der Waals surface area contributed by atoms with E-state index >= 15 is 0 Å². The molecule has 1 heterocycles. The normalized spacial score (nSPS) is 11.4. The Bertz CT molecular complexity index is 1110. The minimum absolute atomic E-state index is 0.224. The van der Waals surface area contributed by atoms with Gasteiger partial charge in [0.2, 0.25) is 0 Å². The highest BCUT2D eigenvalue weighted by Gasteiger charge is 2.30. The quantitative estimate of drug-likeness (QED) is 0.405. The summed E-state index contributed by atoms with van der Waals surface area (Å²) in [6.07, 6.45) is -3.83. The highest BCUT2D eigenvalue weighted by atomic mass is 19.4. The Balaban J connectivity index is 1.88. The molecule has 0 saturated heterocycles. The number of carbonyl (C=O) groups excluding carboxylic acids is 1. The molecule has 0 unspecified atom stereocenters. The van der Waals surface area contributed by atoms with Crippen molar-refractivity contribution in [2.24, 2.45) is 5.92 Å². The number of nitrogens with one attached hydrogen (secondary N) is 3. The molecular weight excluding hydrogens is 437 g/mol. The van der Waals surface area contributed by atoms with Gasteiger partial charge < -0.3 is 20.1 Å². The molecule has 10 heteroatoms. The summed E-state index contributed by atoms with van der Waals surface area (Å²) < 4.78 is 48.9. The molecule has 0 fully saturated rings. The number of amides is 2. The largest absolute Gasteiger partial charge is 0.493 e. The number of methoxy groups -OCH3 is 2. The molecule has 176 valence electrons. The maximum absolute atomic E-state index is 12.8. The van der Waals surface area contributed by atoms with E-state index in [-0.39, 0.29) is 11.6 Å². The molecule has 2 amide bonds. The number of benzene rings is 2. The first-order valence-corrected chi connectivity index (χ1v) is 10.2. The summed E-state index contributed by atoms with van der Waals surface area (Å²) in [6, 6.07) is 8.87. The first-order valence-electron chi connectivity index (χ1n) is 10.2. The molecule has 3 N–H and O–H groups in total. The Morgan fingerprint density at radius 2 is 1.70 bits per heavy atom. The van der Waals surface area contributed by atoms with Crippen LogP contribution in [0.3, 0.4) is 0 Å². The van der Waals surface area contributed by atoms with Gasteiger partial charge in [-0.3, -0.25) is 5.10 Å². The number of anilines is 2. The van der Waals surface area contributed by atoms with Crippen LogP contribution < -0.4 is 20.1 Å². The van der Waals surface area contributed by atoms with Gasteiger partial charge in [0, 0.05) is 11.3 Å². The molecule has 3 aromatic rings. The van der Waals surface area contributed by atoms with Crippen LogP contribution in [-0.4, -0.2) is 30.4 Å². The predicted octanol–water partition coefficient (Wildman–Crippen LogP) is 5.96. The van der Waals surface area contributed by atoms with Crippen LogP contribution in [0.4, 0.5) is 29.3 Å². The Kier molecular flexibility index (Phi) is 7.15. The average molecular weight is 462 g/mol. The van der Waals surface area contributed by atoms with Crippen molar-refractivity contribution in [3.8, 4) is 22.8 Å². The Morgan fingerprint density at radius 3 is 2.27 bits per heavy atom. The van der Waals surface area contributed by atoms with Crippen molar-refractivity contribution in [3.05, 3.63) is 53.7 Å². The summed E-state index contributed by atoms with van der Waals surface area (Å²) in [5.74, 6) is 1.33. The molecular formula is C23H25F3N4O3. The number of carbonyl (C=O) groups is 1. The summed E-state index contributed by atoms with van der Waals surface area (Å²) in [4.78, 5) is 12.7. The van der Waals surface area contributed by atoms with E-state index in [9.17, 15) is 18.0 Å². The van der Waals surface area contributed by atoms with Crippen LogP contribution in [0.15, 0.2) is 42.5 Å². The molecule has 3 rings (SSSR count). The van der Waals surface area contributed by atoms with Crippen LogP contribution >= 0.6 is 0 Å². The Hall–Kier alpha value is -3.69. The van der Waals surface area contributed by atoms with Gasteiger partial charge in [0.05, 0.1) is 31.2 Å². The first-order chi connectivity index (χ1) is 15.6.